The minimum atomic E-state index is -0.0722. The highest BCUT2D eigenvalue weighted by atomic mass is 16.1. The first-order valence-electron chi connectivity index (χ1n) is 7.07. The fraction of sp³-hybridized carbons (Fsp3) is 0.467. The summed E-state index contributed by atoms with van der Waals surface area (Å²) in [6.45, 7) is 2.30. The Morgan fingerprint density at radius 3 is 2.85 bits per heavy atom. The van der Waals surface area contributed by atoms with Crippen molar-refractivity contribution in [2.75, 3.05) is 18.9 Å². The number of anilines is 1. The standard InChI is InChI=1S/C15H22N4O/c1-3-11-5-4-6-13(9-11)18-14(20)10-17-15(16-2)19-12-7-8-12/h4-6,9,12H,3,7-8,10H2,1-2H3,(H,18,20)(H2,16,17,19). The maximum Gasteiger partial charge on any atom is 0.243 e. The van der Waals surface area contributed by atoms with Crippen LogP contribution in [0.15, 0.2) is 29.3 Å². The number of carbonyl (C=O) groups excluding carboxylic acids is 1. The number of nitrogens with one attached hydrogen (secondary N) is 3. The Balaban J connectivity index is 1.79. The summed E-state index contributed by atoms with van der Waals surface area (Å²) in [5.41, 5.74) is 2.04. The molecule has 0 bridgehead atoms. The summed E-state index contributed by atoms with van der Waals surface area (Å²) in [6.07, 6.45) is 3.31. The van der Waals surface area contributed by atoms with E-state index < -0.39 is 0 Å². The molecule has 5 nitrogen and oxygen atoms in total. The van der Waals surface area contributed by atoms with Crippen LogP contribution in [0.3, 0.4) is 0 Å². The van der Waals surface area contributed by atoms with E-state index in [2.05, 4.69) is 33.9 Å². The third-order valence-electron chi connectivity index (χ3n) is 3.18. The Hall–Kier alpha value is -2.04. The molecule has 1 aliphatic carbocycles. The van der Waals surface area contributed by atoms with Gasteiger partial charge in [0, 0.05) is 18.8 Å². The van der Waals surface area contributed by atoms with E-state index in [4.69, 9.17) is 0 Å². The fourth-order valence-corrected chi connectivity index (χ4v) is 1.85. The van der Waals surface area contributed by atoms with E-state index in [0.29, 0.717) is 12.0 Å². The summed E-state index contributed by atoms with van der Waals surface area (Å²) < 4.78 is 0. The number of aliphatic imine (C=N–C) groups is 1. The van der Waals surface area contributed by atoms with Crippen molar-refractivity contribution in [1.82, 2.24) is 10.6 Å². The summed E-state index contributed by atoms with van der Waals surface area (Å²) in [6, 6.07) is 8.42. The van der Waals surface area contributed by atoms with Crippen LogP contribution >= 0.6 is 0 Å². The van der Waals surface area contributed by atoms with Gasteiger partial charge < -0.3 is 16.0 Å². The topological polar surface area (TPSA) is 65.5 Å². The van der Waals surface area contributed by atoms with Gasteiger partial charge in [0.05, 0.1) is 6.54 Å². The molecule has 2 rings (SSSR count). The molecule has 3 N–H and O–H groups in total. The zero-order valence-electron chi connectivity index (χ0n) is 12.1. The van der Waals surface area contributed by atoms with Gasteiger partial charge in [-0.2, -0.15) is 0 Å². The normalized spacial score (nSPS) is 14.8. The molecule has 0 heterocycles. The van der Waals surface area contributed by atoms with Gasteiger partial charge in [0.25, 0.3) is 0 Å². The van der Waals surface area contributed by atoms with E-state index in [0.717, 1.165) is 12.1 Å². The molecule has 0 aromatic heterocycles. The Morgan fingerprint density at radius 1 is 1.40 bits per heavy atom. The first kappa shape index (κ1) is 14.4. The summed E-state index contributed by atoms with van der Waals surface area (Å²) in [4.78, 5) is 16.0. The molecule has 0 spiro atoms. The number of benzene rings is 1. The molecule has 1 aromatic carbocycles. The van der Waals surface area contributed by atoms with Crippen LogP contribution in [-0.4, -0.2) is 31.5 Å². The van der Waals surface area contributed by atoms with Gasteiger partial charge in [-0.25, -0.2) is 0 Å². The lowest BCUT2D eigenvalue weighted by Gasteiger charge is -2.11. The molecule has 0 unspecified atom stereocenters. The number of nitrogens with zero attached hydrogens (tertiary/aromatic N) is 1. The lowest BCUT2D eigenvalue weighted by Crippen LogP contribution is -2.42. The summed E-state index contributed by atoms with van der Waals surface area (Å²) in [5, 5.41) is 9.13. The lowest BCUT2D eigenvalue weighted by atomic mass is 10.1. The summed E-state index contributed by atoms with van der Waals surface area (Å²) in [5.74, 6) is 0.613. The van der Waals surface area contributed by atoms with Gasteiger partial charge in [-0.1, -0.05) is 19.1 Å². The molecule has 5 heteroatoms. The van der Waals surface area contributed by atoms with Crippen LogP contribution in [0.5, 0.6) is 0 Å². The molecule has 20 heavy (non-hydrogen) atoms. The van der Waals surface area contributed by atoms with Crippen LogP contribution < -0.4 is 16.0 Å². The van der Waals surface area contributed by atoms with Crippen molar-refractivity contribution in [3.63, 3.8) is 0 Å². The van der Waals surface area contributed by atoms with E-state index in [1.54, 1.807) is 7.05 Å². The SMILES string of the molecule is CCc1cccc(NC(=O)CNC(=NC)NC2CC2)c1. The van der Waals surface area contributed by atoms with Gasteiger partial charge in [-0.15, -0.1) is 0 Å². The van der Waals surface area contributed by atoms with E-state index in [1.807, 2.05) is 18.2 Å². The van der Waals surface area contributed by atoms with Crippen molar-refractivity contribution in [2.45, 2.75) is 32.2 Å². The fourth-order valence-electron chi connectivity index (χ4n) is 1.85. The predicted octanol–water partition coefficient (Wildman–Crippen LogP) is 1.51. The van der Waals surface area contributed by atoms with Crippen molar-refractivity contribution < 1.29 is 4.79 Å². The zero-order valence-corrected chi connectivity index (χ0v) is 12.1. The third-order valence-corrected chi connectivity index (χ3v) is 3.18. The van der Waals surface area contributed by atoms with Crippen molar-refractivity contribution >= 4 is 17.6 Å². The molecular weight excluding hydrogens is 252 g/mol. The molecule has 0 atom stereocenters. The molecule has 1 fully saturated rings. The van der Waals surface area contributed by atoms with Gasteiger partial charge >= 0.3 is 0 Å². The smallest absolute Gasteiger partial charge is 0.243 e. The minimum absolute atomic E-state index is 0.0722. The number of hydrogen-bond donors (Lipinski definition) is 3. The third kappa shape index (κ3) is 4.57. The van der Waals surface area contributed by atoms with Gasteiger partial charge in [-0.3, -0.25) is 9.79 Å². The van der Waals surface area contributed by atoms with E-state index in [9.17, 15) is 4.79 Å². The van der Waals surface area contributed by atoms with Crippen LogP contribution in [0.4, 0.5) is 5.69 Å². The molecular formula is C15H22N4O. The molecule has 0 radical (unpaired) electrons. The number of carbonyl (C=O) groups is 1. The molecule has 0 saturated heterocycles. The quantitative estimate of drug-likeness (QED) is 0.563. The average molecular weight is 274 g/mol. The Morgan fingerprint density at radius 2 is 2.20 bits per heavy atom. The first-order chi connectivity index (χ1) is 9.71. The van der Waals surface area contributed by atoms with Crippen molar-refractivity contribution in [3.05, 3.63) is 29.8 Å². The molecule has 0 aliphatic heterocycles. The summed E-state index contributed by atoms with van der Waals surface area (Å²) in [7, 11) is 1.71. The monoisotopic (exact) mass is 274 g/mol. The molecule has 1 aliphatic rings. The highest BCUT2D eigenvalue weighted by molar-refractivity contribution is 5.95. The van der Waals surface area contributed by atoms with E-state index in [-0.39, 0.29) is 12.5 Å². The Bertz CT molecular complexity index is 494. The largest absolute Gasteiger partial charge is 0.354 e. The molecule has 1 saturated carbocycles. The second kappa shape index (κ2) is 6.93. The second-order valence-corrected chi connectivity index (χ2v) is 4.95. The van der Waals surface area contributed by atoms with Gasteiger partial charge in [0.1, 0.15) is 0 Å². The number of guanidine groups is 1. The first-order valence-corrected chi connectivity index (χ1v) is 7.07. The van der Waals surface area contributed by atoms with Gasteiger partial charge in [-0.05, 0) is 37.0 Å². The van der Waals surface area contributed by atoms with Gasteiger partial charge in [0.15, 0.2) is 5.96 Å². The number of amides is 1. The van der Waals surface area contributed by atoms with Crippen LogP contribution in [-0.2, 0) is 11.2 Å². The van der Waals surface area contributed by atoms with Gasteiger partial charge in [0.2, 0.25) is 5.91 Å². The summed E-state index contributed by atoms with van der Waals surface area (Å²) >= 11 is 0. The molecule has 1 aromatic rings. The maximum absolute atomic E-state index is 11.9. The molecule has 1 amide bonds. The van der Waals surface area contributed by atoms with Crippen molar-refractivity contribution in [2.24, 2.45) is 4.99 Å². The van der Waals surface area contributed by atoms with E-state index in [1.165, 1.54) is 18.4 Å². The molecule has 108 valence electrons. The number of hydrogen-bond acceptors (Lipinski definition) is 2. The lowest BCUT2D eigenvalue weighted by molar-refractivity contribution is -0.115. The van der Waals surface area contributed by atoms with Crippen LogP contribution in [0.1, 0.15) is 25.3 Å². The number of aryl methyl sites for hydroxylation is 1. The highest BCUT2D eigenvalue weighted by Crippen LogP contribution is 2.18. The maximum atomic E-state index is 11.9. The van der Waals surface area contributed by atoms with Crippen molar-refractivity contribution in [3.8, 4) is 0 Å². The number of rotatable bonds is 5. The minimum Gasteiger partial charge on any atom is -0.354 e. The second-order valence-electron chi connectivity index (χ2n) is 4.95. The van der Waals surface area contributed by atoms with Crippen LogP contribution in [0.25, 0.3) is 0 Å². The van der Waals surface area contributed by atoms with Crippen LogP contribution in [0.2, 0.25) is 0 Å². The predicted molar refractivity (Wildman–Crippen MR) is 82.0 cm³/mol. The highest BCUT2D eigenvalue weighted by Gasteiger charge is 2.22. The van der Waals surface area contributed by atoms with Crippen molar-refractivity contribution in [1.29, 1.82) is 0 Å². The average Bonchev–Trinajstić information content (AvgIpc) is 3.27. The van der Waals surface area contributed by atoms with E-state index >= 15 is 0 Å². The Labute approximate surface area is 119 Å². The Kier molecular flexibility index (Phi) is 4.98. The zero-order chi connectivity index (χ0) is 14.4. The van der Waals surface area contributed by atoms with Crippen LogP contribution in [0, 0.1) is 0 Å².